The molecule has 0 bridgehead atoms. The number of aliphatic hydroxyl groups is 1. The number of amides is 1. The Morgan fingerprint density at radius 3 is 2.48 bits per heavy atom. The topological polar surface area (TPSA) is 57.6 Å². The van der Waals surface area contributed by atoms with Crippen molar-refractivity contribution in [3.05, 3.63) is 89.0 Å². The van der Waals surface area contributed by atoms with Gasteiger partial charge in [0.05, 0.1) is 11.6 Å². The predicted octanol–water partition coefficient (Wildman–Crippen LogP) is 4.98. The first kappa shape index (κ1) is 18.9. The molecule has 1 heterocycles. The minimum atomic E-state index is -0.629. The predicted molar refractivity (Wildman–Crippen MR) is 114 cm³/mol. The minimum absolute atomic E-state index is 0.120. The SMILES string of the molecule is CCCN1C(=O)C(=O)/C(=C(\O)c2cccc3ccccc23)C1c1cccc(C)c1. The highest BCUT2D eigenvalue weighted by molar-refractivity contribution is 6.46. The number of benzene rings is 3. The summed E-state index contributed by atoms with van der Waals surface area (Å²) in [5, 5.41) is 13.1. The van der Waals surface area contributed by atoms with E-state index in [9.17, 15) is 14.7 Å². The van der Waals surface area contributed by atoms with E-state index in [0.29, 0.717) is 12.1 Å². The Morgan fingerprint density at radius 2 is 1.72 bits per heavy atom. The molecule has 146 valence electrons. The highest BCUT2D eigenvalue weighted by Crippen LogP contribution is 2.40. The fraction of sp³-hybridized carbons (Fsp3) is 0.200. The van der Waals surface area contributed by atoms with Crippen LogP contribution in [-0.2, 0) is 9.59 Å². The van der Waals surface area contributed by atoms with Crippen molar-refractivity contribution in [3.8, 4) is 0 Å². The van der Waals surface area contributed by atoms with Crippen molar-refractivity contribution in [2.45, 2.75) is 26.3 Å². The number of rotatable bonds is 4. The number of fused-ring (bicyclic) bond motifs is 1. The molecule has 1 atom stereocenters. The normalized spacial score (nSPS) is 18.6. The lowest BCUT2D eigenvalue weighted by Crippen LogP contribution is -2.30. The number of carbonyl (C=O) groups excluding carboxylic acids is 2. The van der Waals surface area contributed by atoms with Crippen molar-refractivity contribution in [1.82, 2.24) is 4.90 Å². The number of hydrogen-bond acceptors (Lipinski definition) is 3. The van der Waals surface area contributed by atoms with Crippen molar-refractivity contribution in [2.75, 3.05) is 6.54 Å². The molecule has 29 heavy (non-hydrogen) atoms. The van der Waals surface area contributed by atoms with Gasteiger partial charge in [-0.15, -0.1) is 0 Å². The molecule has 1 unspecified atom stereocenters. The molecule has 1 fully saturated rings. The van der Waals surface area contributed by atoms with E-state index in [4.69, 9.17) is 0 Å². The summed E-state index contributed by atoms with van der Waals surface area (Å²) in [5.41, 5.74) is 2.59. The Balaban J connectivity index is 1.97. The zero-order chi connectivity index (χ0) is 20.5. The van der Waals surface area contributed by atoms with Crippen LogP contribution in [0.1, 0.15) is 36.1 Å². The second-order valence-corrected chi connectivity index (χ2v) is 7.43. The second kappa shape index (κ2) is 7.55. The van der Waals surface area contributed by atoms with E-state index in [-0.39, 0.29) is 11.3 Å². The molecule has 1 saturated heterocycles. The van der Waals surface area contributed by atoms with Crippen LogP contribution in [0.4, 0.5) is 0 Å². The summed E-state index contributed by atoms with van der Waals surface area (Å²) in [6.07, 6.45) is 0.726. The van der Waals surface area contributed by atoms with E-state index in [0.717, 1.165) is 28.3 Å². The van der Waals surface area contributed by atoms with Gasteiger partial charge >= 0.3 is 0 Å². The molecule has 3 aromatic carbocycles. The third-order valence-corrected chi connectivity index (χ3v) is 5.41. The first-order valence-corrected chi connectivity index (χ1v) is 9.86. The van der Waals surface area contributed by atoms with Crippen molar-refractivity contribution in [3.63, 3.8) is 0 Å². The third-order valence-electron chi connectivity index (χ3n) is 5.41. The average Bonchev–Trinajstić information content (AvgIpc) is 2.98. The maximum Gasteiger partial charge on any atom is 0.295 e. The number of carbonyl (C=O) groups is 2. The van der Waals surface area contributed by atoms with Crippen molar-refractivity contribution in [2.24, 2.45) is 0 Å². The molecule has 4 heteroatoms. The van der Waals surface area contributed by atoms with Gasteiger partial charge in [0.15, 0.2) is 0 Å². The maximum atomic E-state index is 13.0. The third kappa shape index (κ3) is 3.21. The molecular formula is C25H23NO3. The number of hydrogen-bond donors (Lipinski definition) is 1. The smallest absolute Gasteiger partial charge is 0.295 e. The number of likely N-dealkylation sites (tertiary alicyclic amines) is 1. The van der Waals surface area contributed by atoms with Crippen molar-refractivity contribution < 1.29 is 14.7 Å². The molecule has 0 aromatic heterocycles. The number of nitrogens with zero attached hydrogens (tertiary/aromatic N) is 1. The molecule has 1 N–H and O–H groups in total. The molecule has 4 rings (SSSR count). The van der Waals surface area contributed by atoms with Gasteiger partial charge in [-0.1, -0.05) is 79.2 Å². The van der Waals surface area contributed by atoms with E-state index in [1.165, 1.54) is 0 Å². The van der Waals surface area contributed by atoms with Gasteiger partial charge in [-0.3, -0.25) is 9.59 Å². The highest BCUT2D eigenvalue weighted by Gasteiger charge is 2.45. The summed E-state index contributed by atoms with van der Waals surface area (Å²) in [4.78, 5) is 27.4. The Bertz CT molecular complexity index is 1140. The van der Waals surface area contributed by atoms with Gasteiger partial charge < -0.3 is 10.0 Å². The summed E-state index contributed by atoms with van der Waals surface area (Å²) in [7, 11) is 0. The van der Waals surface area contributed by atoms with E-state index in [2.05, 4.69) is 0 Å². The molecular weight excluding hydrogens is 362 g/mol. The van der Waals surface area contributed by atoms with Gasteiger partial charge in [-0.2, -0.15) is 0 Å². The zero-order valence-corrected chi connectivity index (χ0v) is 16.6. The van der Waals surface area contributed by atoms with Gasteiger partial charge in [-0.05, 0) is 29.7 Å². The van der Waals surface area contributed by atoms with Crippen molar-refractivity contribution >= 4 is 28.2 Å². The van der Waals surface area contributed by atoms with Gasteiger partial charge in [0, 0.05) is 12.1 Å². The molecule has 1 amide bonds. The van der Waals surface area contributed by atoms with E-state index in [1.807, 2.05) is 74.5 Å². The summed E-state index contributed by atoms with van der Waals surface area (Å²) in [5.74, 6) is -1.30. The van der Waals surface area contributed by atoms with Crippen LogP contribution in [0.5, 0.6) is 0 Å². The van der Waals surface area contributed by atoms with Gasteiger partial charge in [0.1, 0.15) is 5.76 Å². The van der Waals surface area contributed by atoms with E-state index < -0.39 is 17.7 Å². The van der Waals surface area contributed by atoms with E-state index in [1.54, 1.807) is 11.0 Å². The van der Waals surface area contributed by atoms with Crippen LogP contribution >= 0.6 is 0 Å². The Labute approximate surface area is 170 Å². The number of aliphatic hydroxyl groups excluding tert-OH is 1. The van der Waals surface area contributed by atoms with Crippen molar-refractivity contribution in [1.29, 1.82) is 0 Å². The zero-order valence-electron chi connectivity index (χ0n) is 16.6. The molecule has 0 radical (unpaired) electrons. The van der Waals surface area contributed by atoms with Crippen LogP contribution in [0, 0.1) is 6.92 Å². The Hall–Kier alpha value is -3.40. The summed E-state index contributed by atoms with van der Waals surface area (Å²) in [6.45, 7) is 4.40. The van der Waals surface area contributed by atoms with Gasteiger partial charge in [0.25, 0.3) is 11.7 Å². The maximum absolute atomic E-state index is 13.0. The molecule has 1 aliphatic heterocycles. The quantitative estimate of drug-likeness (QED) is 0.391. The molecule has 4 nitrogen and oxygen atoms in total. The molecule has 3 aromatic rings. The molecule has 0 spiro atoms. The summed E-state index contributed by atoms with van der Waals surface area (Å²) < 4.78 is 0. The highest BCUT2D eigenvalue weighted by atomic mass is 16.3. The largest absolute Gasteiger partial charge is 0.507 e. The monoisotopic (exact) mass is 385 g/mol. The minimum Gasteiger partial charge on any atom is -0.507 e. The lowest BCUT2D eigenvalue weighted by atomic mass is 9.93. The van der Waals surface area contributed by atoms with Crippen LogP contribution in [0.2, 0.25) is 0 Å². The number of ketones is 1. The summed E-state index contributed by atoms with van der Waals surface area (Å²) in [6, 6.07) is 20.5. The average molecular weight is 385 g/mol. The Kier molecular flexibility index (Phi) is 4.93. The first-order valence-electron chi connectivity index (χ1n) is 9.86. The number of Topliss-reactive ketones (excluding diaryl/α,β-unsaturated/α-hetero) is 1. The van der Waals surface area contributed by atoms with Crippen LogP contribution in [0.15, 0.2) is 72.3 Å². The standard InChI is InChI=1S/C25H23NO3/c1-3-14-26-22(18-11-6-8-16(2)15-18)21(24(28)25(26)29)23(27)20-13-7-10-17-9-4-5-12-19(17)20/h4-13,15,22,27H,3,14H2,1-2H3/b23-21-. The molecule has 1 aliphatic rings. The lowest BCUT2D eigenvalue weighted by molar-refractivity contribution is -0.139. The van der Waals surface area contributed by atoms with Crippen LogP contribution < -0.4 is 0 Å². The lowest BCUT2D eigenvalue weighted by Gasteiger charge is -2.25. The van der Waals surface area contributed by atoms with E-state index >= 15 is 0 Å². The molecule has 0 aliphatic carbocycles. The van der Waals surface area contributed by atoms with Gasteiger partial charge in [-0.25, -0.2) is 0 Å². The Morgan fingerprint density at radius 1 is 1.00 bits per heavy atom. The van der Waals surface area contributed by atoms with Crippen LogP contribution in [0.3, 0.4) is 0 Å². The number of aryl methyl sites for hydroxylation is 1. The van der Waals surface area contributed by atoms with Gasteiger partial charge in [0.2, 0.25) is 0 Å². The van der Waals surface area contributed by atoms with Crippen LogP contribution in [-0.4, -0.2) is 28.2 Å². The molecule has 0 saturated carbocycles. The second-order valence-electron chi connectivity index (χ2n) is 7.43. The first-order chi connectivity index (χ1) is 14.0. The fourth-order valence-electron chi connectivity index (χ4n) is 4.12. The fourth-order valence-corrected chi connectivity index (χ4v) is 4.12. The van der Waals surface area contributed by atoms with Crippen LogP contribution in [0.25, 0.3) is 16.5 Å². The summed E-state index contributed by atoms with van der Waals surface area (Å²) >= 11 is 0.